The van der Waals surface area contributed by atoms with Crippen molar-refractivity contribution in [2.75, 3.05) is 26.3 Å². The molecule has 0 radical (unpaired) electrons. The molecule has 3 aliphatic rings. The van der Waals surface area contributed by atoms with E-state index in [0.29, 0.717) is 18.4 Å². The summed E-state index contributed by atoms with van der Waals surface area (Å²) in [6, 6.07) is 8.64. The molecule has 0 spiro atoms. The van der Waals surface area contributed by atoms with Gasteiger partial charge in [0.15, 0.2) is 0 Å². The van der Waals surface area contributed by atoms with Gasteiger partial charge in [0.25, 0.3) is 0 Å². The van der Waals surface area contributed by atoms with E-state index < -0.39 is 0 Å². The maximum absolute atomic E-state index is 12.5. The SMILES string of the molecule is NC1C2CCC(C2)C1C(=O)NCc1ccc(CN2CCOCC2)cc1. The van der Waals surface area contributed by atoms with Crippen LogP contribution in [0.5, 0.6) is 0 Å². The summed E-state index contributed by atoms with van der Waals surface area (Å²) in [5.41, 5.74) is 8.73. The number of amides is 1. The lowest BCUT2D eigenvalue weighted by atomic mass is 9.84. The Morgan fingerprint density at radius 3 is 2.48 bits per heavy atom. The minimum absolute atomic E-state index is 0.0272. The molecule has 2 aliphatic carbocycles. The molecule has 2 saturated carbocycles. The summed E-state index contributed by atoms with van der Waals surface area (Å²) < 4.78 is 5.39. The fraction of sp³-hybridized carbons (Fsp3) is 0.650. The number of benzene rings is 1. The van der Waals surface area contributed by atoms with Crippen LogP contribution in [0.15, 0.2) is 24.3 Å². The van der Waals surface area contributed by atoms with Crippen molar-refractivity contribution in [3.05, 3.63) is 35.4 Å². The van der Waals surface area contributed by atoms with Gasteiger partial charge in [-0.2, -0.15) is 0 Å². The number of carbonyl (C=O) groups excluding carboxylic acids is 1. The summed E-state index contributed by atoms with van der Waals surface area (Å²) in [5, 5.41) is 3.11. The Morgan fingerprint density at radius 2 is 1.80 bits per heavy atom. The van der Waals surface area contributed by atoms with Gasteiger partial charge in [-0.3, -0.25) is 9.69 Å². The zero-order chi connectivity index (χ0) is 17.2. The lowest BCUT2D eigenvalue weighted by Crippen LogP contribution is -2.45. The highest BCUT2D eigenvalue weighted by atomic mass is 16.5. The van der Waals surface area contributed by atoms with Crippen LogP contribution in [-0.4, -0.2) is 43.2 Å². The molecule has 1 saturated heterocycles. The Balaban J connectivity index is 1.27. The smallest absolute Gasteiger partial charge is 0.225 e. The number of nitrogens with one attached hydrogen (secondary N) is 1. The van der Waals surface area contributed by atoms with Gasteiger partial charge in [-0.1, -0.05) is 24.3 Å². The van der Waals surface area contributed by atoms with Crippen molar-refractivity contribution in [1.82, 2.24) is 10.2 Å². The molecule has 3 N–H and O–H groups in total. The van der Waals surface area contributed by atoms with E-state index in [4.69, 9.17) is 10.5 Å². The third-order valence-electron chi connectivity index (χ3n) is 6.28. The number of carbonyl (C=O) groups is 1. The first-order valence-corrected chi connectivity index (χ1v) is 9.62. The number of nitrogens with zero attached hydrogens (tertiary/aromatic N) is 1. The number of hydrogen-bond donors (Lipinski definition) is 2. The first-order chi connectivity index (χ1) is 12.2. The maximum atomic E-state index is 12.5. The molecule has 2 bridgehead atoms. The average molecular weight is 343 g/mol. The first kappa shape index (κ1) is 17.0. The molecule has 1 amide bonds. The van der Waals surface area contributed by atoms with Gasteiger partial charge in [-0.25, -0.2) is 0 Å². The largest absolute Gasteiger partial charge is 0.379 e. The molecule has 1 aromatic carbocycles. The van der Waals surface area contributed by atoms with Crippen LogP contribution < -0.4 is 11.1 Å². The fourth-order valence-corrected chi connectivity index (χ4v) is 4.81. The van der Waals surface area contributed by atoms with Gasteiger partial charge in [0, 0.05) is 32.2 Å². The first-order valence-electron chi connectivity index (χ1n) is 9.62. The molecule has 1 aliphatic heterocycles. The highest BCUT2D eigenvalue weighted by Gasteiger charge is 2.48. The van der Waals surface area contributed by atoms with Crippen molar-refractivity contribution in [2.24, 2.45) is 23.5 Å². The van der Waals surface area contributed by atoms with Crippen LogP contribution in [0.3, 0.4) is 0 Å². The summed E-state index contributed by atoms with van der Waals surface area (Å²) in [6.07, 6.45) is 3.53. The van der Waals surface area contributed by atoms with Gasteiger partial charge >= 0.3 is 0 Å². The minimum Gasteiger partial charge on any atom is -0.379 e. The second-order valence-electron chi connectivity index (χ2n) is 7.86. The maximum Gasteiger partial charge on any atom is 0.225 e. The number of fused-ring (bicyclic) bond motifs is 2. The predicted molar refractivity (Wildman–Crippen MR) is 96.7 cm³/mol. The Kier molecular flexibility index (Phi) is 5.06. The van der Waals surface area contributed by atoms with E-state index >= 15 is 0 Å². The molecule has 1 heterocycles. The third kappa shape index (κ3) is 3.73. The zero-order valence-electron chi connectivity index (χ0n) is 14.8. The van der Waals surface area contributed by atoms with Crippen LogP contribution in [0.4, 0.5) is 0 Å². The molecule has 136 valence electrons. The van der Waals surface area contributed by atoms with Crippen molar-refractivity contribution in [1.29, 1.82) is 0 Å². The molecule has 1 aromatic rings. The van der Waals surface area contributed by atoms with Crippen LogP contribution in [0, 0.1) is 17.8 Å². The van der Waals surface area contributed by atoms with Gasteiger partial charge in [-0.05, 0) is 42.2 Å². The second kappa shape index (κ2) is 7.44. The molecule has 4 rings (SSSR count). The summed E-state index contributed by atoms with van der Waals surface area (Å²) in [4.78, 5) is 15.0. The van der Waals surface area contributed by atoms with E-state index in [1.54, 1.807) is 0 Å². The molecule has 4 unspecified atom stereocenters. The molecule has 5 nitrogen and oxygen atoms in total. The molecule has 5 heteroatoms. The monoisotopic (exact) mass is 343 g/mol. The van der Waals surface area contributed by atoms with E-state index in [1.807, 2.05) is 0 Å². The summed E-state index contributed by atoms with van der Waals surface area (Å²) in [5.74, 6) is 1.26. The lowest BCUT2D eigenvalue weighted by molar-refractivity contribution is -0.127. The fourth-order valence-electron chi connectivity index (χ4n) is 4.81. The van der Waals surface area contributed by atoms with Crippen LogP contribution in [0.2, 0.25) is 0 Å². The van der Waals surface area contributed by atoms with Crippen molar-refractivity contribution >= 4 is 5.91 Å². The molecule has 25 heavy (non-hydrogen) atoms. The van der Waals surface area contributed by atoms with Crippen molar-refractivity contribution in [3.8, 4) is 0 Å². The average Bonchev–Trinajstić information content (AvgIpc) is 3.23. The zero-order valence-corrected chi connectivity index (χ0v) is 14.8. The Bertz CT molecular complexity index is 595. The number of nitrogens with two attached hydrogens (primary N) is 1. The van der Waals surface area contributed by atoms with Crippen molar-refractivity contribution in [3.63, 3.8) is 0 Å². The quantitative estimate of drug-likeness (QED) is 0.850. The number of hydrogen-bond acceptors (Lipinski definition) is 4. The second-order valence-corrected chi connectivity index (χ2v) is 7.86. The predicted octanol–water partition coefficient (Wildman–Crippen LogP) is 1.51. The summed E-state index contributed by atoms with van der Waals surface area (Å²) in [7, 11) is 0. The van der Waals surface area contributed by atoms with Gasteiger partial charge in [-0.15, -0.1) is 0 Å². The molecule has 3 fully saturated rings. The standard InChI is InChI=1S/C20H29N3O2/c21-19-17-6-5-16(11-17)18(19)20(24)22-12-14-1-3-15(4-2-14)13-23-7-9-25-10-8-23/h1-4,16-19H,5-13,21H2,(H,22,24). The lowest BCUT2D eigenvalue weighted by Gasteiger charge is -2.27. The van der Waals surface area contributed by atoms with Crippen molar-refractivity contribution < 1.29 is 9.53 Å². The van der Waals surface area contributed by atoms with Gasteiger partial charge in [0.05, 0.1) is 19.1 Å². The Labute approximate surface area is 149 Å². The molecular formula is C20H29N3O2. The number of morpholine rings is 1. The van der Waals surface area contributed by atoms with Crippen LogP contribution in [-0.2, 0) is 22.6 Å². The highest BCUT2D eigenvalue weighted by molar-refractivity contribution is 5.80. The molecule has 0 aromatic heterocycles. The molecule has 4 atom stereocenters. The van der Waals surface area contributed by atoms with Crippen molar-refractivity contribution in [2.45, 2.75) is 38.4 Å². The molecular weight excluding hydrogens is 314 g/mol. The summed E-state index contributed by atoms with van der Waals surface area (Å²) in [6.45, 7) is 5.22. The van der Waals surface area contributed by atoms with Gasteiger partial charge in [0.1, 0.15) is 0 Å². The number of rotatable bonds is 5. The third-order valence-corrected chi connectivity index (χ3v) is 6.28. The van der Waals surface area contributed by atoms with Crippen LogP contribution in [0.1, 0.15) is 30.4 Å². The Morgan fingerprint density at radius 1 is 1.12 bits per heavy atom. The normalized spacial score (nSPS) is 32.0. The van der Waals surface area contributed by atoms with E-state index in [1.165, 1.54) is 18.4 Å². The van der Waals surface area contributed by atoms with E-state index in [2.05, 4.69) is 34.5 Å². The van der Waals surface area contributed by atoms with E-state index in [0.717, 1.165) is 44.8 Å². The minimum atomic E-state index is 0.0272. The summed E-state index contributed by atoms with van der Waals surface area (Å²) >= 11 is 0. The number of ether oxygens (including phenoxy) is 1. The van der Waals surface area contributed by atoms with Crippen LogP contribution in [0.25, 0.3) is 0 Å². The Hall–Kier alpha value is -1.43. The van der Waals surface area contributed by atoms with Gasteiger partial charge < -0.3 is 15.8 Å². The van der Waals surface area contributed by atoms with Crippen LogP contribution >= 0.6 is 0 Å². The van der Waals surface area contributed by atoms with E-state index in [-0.39, 0.29) is 17.9 Å². The van der Waals surface area contributed by atoms with E-state index in [9.17, 15) is 4.79 Å². The topological polar surface area (TPSA) is 67.6 Å². The highest BCUT2D eigenvalue weighted by Crippen LogP contribution is 2.47. The van der Waals surface area contributed by atoms with Gasteiger partial charge in [0.2, 0.25) is 5.91 Å².